The summed E-state index contributed by atoms with van der Waals surface area (Å²) in [7, 11) is -1.35. The number of benzene rings is 3. The van der Waals surface area contributed by atoms with Crippen LogP contribution in [0.5, 0.6) is 11.5 Å². The maximum absolute atomic E-state index is 14.2. The molecule has 0 aliphatic heterocycles. The summed E-state index contributed by atoms with van der Waals surface area (Å²) < 4.78 is 40.0. The van der Waals surface area contributed by atoms with Gasteiger partial charge >= 0.3 is 0 Å². The van der Waals surface area contributed by atoms with Crippen LogP contribution in [0.4, 0.5) is 5.69 Å². The Morgan fingerprint density at radius 2 is 1.63 bits per heavy atom. The molecule has 10 heteroatoms. The minimum Gasteiger partial charge on any atom is -0.497 e. The molecular weight excluding hydrogens is 542 g/mol. The van der Waals surface area contributed by atoms with Crippen molar-refractivity contribution in [1.82, 2.24) is 10.2 Å². The maximum Gasteiger partial charge on any atom is 0.264 e. The van der Waals surface area contributed by atoms with Crippen molar-refractivity contribution in [2.24, 2.45) is 0 Å². The fourth-order valence-corrected chi connectivity index (χ4v) is 5.97. The van der Waals surface area contributed by atoms with Crippen molar-refractivity contribution in [1.29, 1.82) is 0 Å². The van der Waals surface area contributed by atoms with Gasteiger partial charge < -0.3 is 19.7 Å². The zero-order valence-electron chi connectivity index (χ0n) is 24.5. The molecule has 2 amide bonds. The van der Waals surface area contributed by atoms with Crippen molar-refractivity contribution >= 4 is 27.5 Å². The number of methoxy groups -OCH3 is 2. The molecule has 0 aliphatic rings. The minimum absolute atomic E-state index is 0.00694. The van der Waals surface area contributed by atoms with Crippen LogP contribution in [0.3, 0.4) is 0 Å². The fourth-order valence-electron chi connectivity index (χ4n) is 4.53. The SMILES string of the molecule is CC[C@H](C(=O)NC(C)C)N(Cc1cccc(C)c1)C(=O)CN(c1cc(OC)ccc1OC)S(=O)(=O)c1ccccc1. The first-order chi connectivity index (χ1) is 19.5. The molecule has 0 aliphatic carbocycles. The number of hydrogen-bond donors (Lipinski definition) is 1. The summed E-state index contributed by atoms with van der Waals surface area (Å²) in [6, 6.07) is 19.3. The molecule has 0 radical (unpaired) electrons. The van der Waals surface area contributed by atoms with Crippen molar-refractivity contribution in [2.45, 2.75) is 57.6 Å². The zero-order valence-corrected chi connectivity index (χ0v) is 25.3. The molecule has 3 aromatic rings. The first-order valence-electron chi connectivity index (χ1n) is 13.5. The van der Waals surface area contributed by atoms with E-state index in [4.69, 9.17) is 9.47 Å². The number of ether oxygens (including phenoxy) is 2. The molecule has 3 rings (SSSR count). The van der Waals surface area contributed by atoms with Gasteiger partial charge in [-0.3, -0.25) is 13.9 Å². The van der Waals surface area contributed by atoms with Crippen LogP contribution < -0.4 is 19.1 Å². The predicted octanol–water partition coefficient (Wildman–Crippen LogP) is 4.54. The average molecular weight is 582 g/mol. The Bertz CT molecular complexity index is 1440. The smallest absolute Gasteiger partial charge is 0.264 e. The average Bonchev–Trinajstić information content (AvgIpc) is 2.95. The van der Waals surface area contributed by atoms with Gasteiger partial charge in [-0.2, -0.15) is 0 Å². The Morgan fingerprint density at radius 3 is 2.22 bits per heavy atom. The van der Waals surface area contributed by atoms with Gasteiger partial charge in [0, 0.05) is 18.7 Å². The predicted molar refractivity (Wildman–Crippen MR) is 160 cm³/mol. The van der Waals surface area contributed by atoms with E-state index in [9.17, 15) is 18.0 Å². The highest BCUT2D eigenvalue weighted by atomic mass is 32.2. The Balaban J connectivity index is 2.14. The number of anilines is 1. The van der Waals surface area contributed by atoms with E-state index in [1.807, 2.05) is 52.0 Å². The maximum atomic E-state index is 14.2. The second-order valence-corrected chi connectivity index (χ2v) is 11.8. The number of hydrogen-bond acceptors (Lipinski definition) is 6. The van der Waals surface area contributed by atoms with Gasteiger partial charge in [-0.1, -0.05) is 55.0 Å². The van der Waals surface area contributed by atoms with Gasteiger partial charge in [0.2, 0.25) is 11.8 Å². The topological polar surface area (TPSA) is 105 Å². The van der Waals surface area contributed by atoms with E-state index >= 15 is 0 Å². The highest BCUT2D eigenvalue weighted by Gasteiger charge is 2.35. The quantitative estimate of drug-likeness (QED) is 0.318. The number of rotatable bonds is 13. The number of aryl methyl sites for hydroxylation is 1. The first kappa shape index (κ1) is 31.5. The molecule has 0 bridgehead atoms. The molecule has 0 fully saturated rings. The lowest BCUT2D eigenvalue weighted by atomic mass is 10.1. The number of sulfonamides is 1. The summed E-state index contributed by atoms with van der Waals surface area (Å²) >= 11 is 0. The van der Waals surface area contributed by atoms with E-state index in [2.05, 4.69) is 5.32 Å². The third-order valence-corrected chi connectivity index (χ3v) is 8.29. The van der Waals surface area contributed by atoms with E-state index in [-0.39, 0.29) is 34.8 Å². The third kappa shape index (κ3) is 7.79. The van der Waals surface area contributed by atoms with Crippen molar-refractivity contribution in [3.05, 3.63) is 83.9 Å². The van der Waals surface area contributed by atoms with Crippen LogP contribution in [0, 0.1) is 6.92 Å². The number of amides is 2. The van der Waals surface area contributed by atoms with Crippen LogP contribution in [0.1, 0.15) is 38.3 Å². The molecule has 1 N–H and O–H groups in total. The molecule has 9 nitrogen and oxygen atoms in total. The summed E-state index contributed by atoms with van der Waals surface area (Å²) in [6.07, 6.45) is 0.337. The molecule has 0 aromatic heterocycles. The molecule has 3 aromatic carbocycles. The Labute approximate surface area is 243 Å². The zero-order chi connectivity index (χ0) is 30.2. The lowest BCUT2D eigenvalue weighted by Gasteiger charge is -2.34. The monoisotopic (exact) mass is 581 g/mol. The van der Waals surface area contributed by atoms with Crippen molar-refractivity contribution in [3.8, 4) is 11.5 Å². The molecule has 0 spiro atoms. The van der Waals surface area contributed by atoms with E-state index in [1.165, 1.54) is 37.3 Å². The third-order valence-electron chi connectivity index (χ3n) is 6.52. The van der Waals surface area contributed by atoms with Gasteiger partial charge in [-0.05, 0) is 57.0 Å². The summed E-state index contributed by atoms with van der Waals surface area (Å²) in [5, 5.41) is 2.90. The van der Waals surface area contributed by atoms with Crippen LogP contribution in [0.15, 0.2) is 77.7 Å². The fraction of sp³-hybridized carbons (Fsp3) is 0.355. The largest absolute Gasteiger partial charge is 0.497 e. The highest BCUT2D eigenvalue weighted by molar-refractivity contribution is 7.92. The highest BCUT2D eigenvalue weighted by Crippen LogP contribution is 2.36. The number of carbonyl (C=O) groups excluding carboxylic acids is 2. The molecule has 1 atom stereocenters. The van der Waals surface area contributed by atoms with E-state index in [0.29, 0.717) is 12.2 Å². The summed E-state index contributed by atoms with van der Waals surface area (Å²) in [5.41, 5.74) is 1.97. The summed E-state index contributed by atoms with van der Waals surface area (Å²) in [5.74, 6) is -0.213. The standard InChI is InChI=1S/C31H39N3O6S/c1-7-27(31(36)32-22(2)3)33(20-24-13-11-12-23(4)18-24)30(35)21-34(41(37,38)26-14-9-8-10-15-26)28-19-25(39-5)16-17-29(28)40-6/h8-19,22,27H,7,20-21H2,1-6H3,(H,32,36)/t27-/m1/s1. The van der Waals surface area contributed by atoms with Crippen molar-refractivity contribution < 1.29 is 27.5 Å². The van der Waals surface area contributed by atoms with Gasteiger partial charge in [-0.15, -0.1) is 0 Å². The minimum atomic E-state index is -4.24. The van der Waals surface area contributed by atoms with Gasteiger partial charge in [0.15, 0.2) is 0 Å². The van der Waals surface area contributed by atoms with Crippen molar-refractivity contribution in [3.63, 3.8) is 0 Å². The van der Waals surface area contributed by atoms with Crippen LogP contribution in [-0.4, -0.2) is 58.0 Å². The summed E-state index contributed by atoms with van der Waals surface area (Å²) in [6.45, 7) is 7.02. The second-order valence-electron chi connectivity index (χ2n) is 9.96. The van der Waals surface area contributed by atoms with E-state index in [0.717, 1.165) is 15.4 Å². The lowest BCUT2D eigenvalue weighted by Crippen LogP contribution is -2.53. The second kappa shape index (κ2) is 14.0. The van der Waals surface area contributed by atoms with Crippen LogP contribution in [0.2, 0.25) is 0 Å². The van der Waals surface area contributed by atoms with Crippen LogP contribution in [0.25, 0.3) is 0 Å². The van der Waals surface area contributed by atoms with Crippen molar-refractivity contribution in [2.75, 3.05) is 25.1 Å². The van der Waals surface area contributed by atoms with Crippen LogP contribution >= 0.6 is 0 Å². The summed E-state index contributed by atoms with van der Waals surface area (Å²) in [4.78, 5) is 28.9. The normalized spacial score (nSPS) is 12.0. The van der Waals surface area contributed by atoms with E-state index in [1.54, 1.807) is 30.3 Å². The Hall–Kier alpha value is -4.05. The molecule has 0 heterocycles. The van der Waals surface area contributed by atoms with E-state index < -0.39 is 28.5 Å². The van der Waals surface area contributed by atoms with Gasteiger partial charge in [0.1, 0.15) is 24.1 Å². The molecule has 41 heavy (non-hydrogen) atoms. The van der Waals surface area contributed by atoms with Gasteiger partial charge in [-0.25, -0.2) is 8.42 Å². The molecule has 0 saturated heterocycles. The van der Waals surface area contributed by atoms with Crippen LogP contribution in [-0.2, 0) is 26.2 Å². The Morgan fingerprint density at radius 1 is 0.927 bits per heavy atom. The molecular formula is C31H39N3O6S. The number of nitrogens with one attached hydrogen (secondary N) is 1. The van der Waals surface area contributed by atoms with Gasteiger partial charge in [0.05, 0.1) is 24.8 Å². The lowest BCUT2D eigenvalue weighted by molar-refractivity contribution is -0.140. The molecule has 220 valence electrons. The van der Waals surface area contributed by atoms with Gasteiger partial charge in [0.25, 0.3) is 10.0 Å². The molecule has 0 unspecified atom stereocenters. The first-order valence-corrected chi connectivity index (χ1v) is 14.9. The Kier molecular flexibility index (Phi) is 10.8. The number of nitrogens with zero attached hydrogens (tertiary/aromatic N) is 2. The molecule has 0 saturated carbocycles. The number of carbonyl (C=O) groups is 2.